The highest BCUT2D eigenvalue weighted by Gasteiger charge is 2.33. The second kappa shape index (κ2) is 15.0. The van der Waals surface area contributed by atoms with Gasteiger partial charge < -0.3 is 34.3 Å². The van der Waals surface area contributed by atoms with Crippen molar-refractivity contribution in [1.29, 1.82) is 0 Å². The van der Waals surface area contributed by atoms with Crippen molar-refractivity contribution in [3.8, 4) is 34.5 Å². The number of nitrogens with zero attached hydrogens (tertiary/aromatic N) is 4. The lowest BCUT2D eigenvalue weighted by molar-refractivity contribution is -0.120. The molecule has 3 N–H and O–H groups in total. The summed E-state index contributed by atoms with van der Waals surface area (Å²) in [5.41, 5.74) is 3.09. The molecule has 13 heteroatoms. The van der Waals surface area contributed by atoms with E-state index in [2.05, 4.69) is 10.2 Å². The highest BCUT2D eigenvalue weighted by atomic mass is 16.5. The summed E-state index contributed by atoms with van der Waals surface area (Å²) in [6.07, 6.45) is 0.719. The van der Waals surface area contributed by atoms with Crippen LogP contribution in [0.5, 0.6) is 34.5 Å². The average molecular weight is 681 g/mol. The van der Waals surface area contributed by atoms with Crippen LogP contribution in [0.2, 0.25) is 0 Å². The standard InChI is InChI=1S/C37H36N4O9/c1-47-26-9-3-7-23(15-26)30-17-28(38-40(30)21-42)36-32(45)11-5-13-34(36)49-19-25(44)20-50-35-14-6-12-33(46)37(35)29-18-31(41(22-43)39-29)24-8-4-10-27(16-24)48-2/h3-16,21-22,25,30-31,44-46H,17-20H2,1-2H3. The molecule has 0 saturated heterocycles. The lowest BCUT2D eigenvalue weighted by Crippen LogP contribution is -2.26. The Morgan fingerprint density at radius 1 is 0.700 bits per heavy atom. The van der Waals surface area contributed by atoms with Gasteiger partial charge in [-0.25, -0.2) is 10.0 Å². The number of hydrazone groups is 2. The predicted molar refractivity (Wildman–Crippen MR) is 183 cm³/mol. The zero-order valence-electron chi connectivity index (χ0n) is 27.4. The van der Waals surface area contributed by atoms with Crippen LogP contribution >= 0.6 is 0 Å². The zero-order chi connectivity index (χ0) is 35.2. The molecule has 2 aliphatic heterocycles. The van der Waals surface area contributed by atoms with Gasteiger partial charge in [-0.05, 0) is 59.7 Å². The number of aliphatic hydroxyl groups excluding tert-OH is 1. The number of phenolic OH excluding ortho intramolecular Hbond substituents is 2. The Kier molecular flexibility index (Phi) is 10.1. The van der Waals surface area contributed by atoms with E-state index in [-0.39, 0.29) is 36.2 Å². The molecule has 258 valence electrons. The number of phenols is 2. The van der Waals surface area contributed by atoms with Gasteiger partial charge in [-0.2, -0.15) is 10.2 Å². The summed E-state index contributed by atoms with van der Waals surface area (Å²) >= 11 is 0. The Hall–Kier alpha value is -6.08. The van der Waals surface area contributed by atoms with Crippen LogP contribution in [0.25, 0.3) is 0 Å². The first-order valence-corrected chi connectivity index (χ1v) is 15.8. The number of benzene rings is 4. The van der Waals surface area contributed by atoms with Crippen LogP contribution in [0.15, 0.2) is 95.1 Å². The smallest absolute Gasteiger partial charge is 0.230 e. The van der Waals surface area contributed by atoms with E-state index in [0.29, 0.717) is 59.7 Å². The fourth-order valence-electron chi connectivity index (χ4n) is 6.07. The number of methoxy groups -OCH3 is 2. The Labute approximate surface area is 288 Å². The highest BCUT2D eigenvalue weighted by molar-refractivity contribution is 6.07. The van der Waals surface area contributed by atoms with Crippen molar-refractivity contribution in [3.63, 3.8) is 0 Å². The fraction of sp³-hybridized carbons (Fsp3) is 0.243. The number of carbonyl (C=O) groups excluding carboxylic acids is 2. The van der Waals surface area contributed by atoms with Crippen molar-refractivity contribution in [2.45, 2.75) is 31.0 Å². The molecule has 13 nitrogen and oxygen atoms in total. The van der Waals surface area contributed by atoms with Crippen LogP contribution < -0.4 is 18.9 Å². The summed E-state index contributed by atoms with van der Waals surface area (Å²) in [7, 11) is 3.12. The van der Waals surface area contributed by atoms with Gasteiger partial charge in [-0.3, -0.25) is 9.59 Å². The molecule has 0 bridgehead atoms. The molecule has 2 heterocycles. The fourth-order valence-corrected chi connectivity index (χ4v) is 6.07. The maximum absolute atomic E-state index is 12.0. The van der Waals surface area contributed by atoms with E-state index in [1.807, 2.05) is 36.4 Å². The first-order chi connectivity index (χ1) is 24.3. The predicted octanol–water partition coefficient (Wildman–Crippen LogP) is 4.55. The third-order valence-corrected chi connectivity index (χ3v) is 8.51. The second-order valence-electron chi connectivity index (χ2n) is 11.6. The maximum Gasteiger partial charge on any atom is 0.230 e. The minimum absolute atomic E-state index is 0.0949. The second-order valence-corrected chi connectivity index (χ2v) is 11.6. The summed E-state index contributed by atoms with van der Waals surface area (Å²) in [5, 5.41) is 44.1. The Morgan fingerprint density at radius 3 is 1.52 bits per heavy atom. The molecule has 50 heavy (non-hydrogen) atoms. The number of aromatic hydroxyl groups is 2. The van der Waals surface area contributed by atoms with Crippen molar-refractivity contribution in [2.24, 2.45) is 10.2 Å². The third-order valence-electron chi connectivity index (χ3n) is 8.51. The molecule has 2 aliphatic rings. The summed E-state index contributed by atoms with van der Waals surface area (Å²) in [6, 6.07) is 23.3. The van der Waals surface area contributed by atoms with Crippen LogP contribution in [0, 0.1) is 0 Å². The Morgan fingerprint density at radius 2 is 1.12 bits per heavy atom. The van der Waals surface area contributed by atoms with Gasteiger partial charge >= 0.3 is 0 Å². The normalized spacial score (nSPS) is 17.5. The summed E-state index contributed by atoms with van der Waals surface area (Å²) in [5.74, 6) is 1.61. The number of ether oxygens (including phenoxy) is 4. The van der Waals surface area contributed by atoms with Crippen LogP contribution in [0.3, 0.4) is 0 Å². The van der Waals surface area contributed by atoms with Crippen molar-refractivity contribution < 1.29 is 43.9 Å². The lowest BCUT2D eigenvalue weighted by atomic mass is 9.97. The summed E-state index contributed by atoms with van der Waals surface area (Å²) in [4.78, 5) is 23.9. The molecular weight excluding hydrogens is 644 g/mol. The van der Waals surface area contributed by atoms with Crippen LogP contribution in [0.4, 0.5) is 0 Å². The van der Waals surface area contributed by atoms with E-state index < -0.39 is 18.2 Å². The van der Waals surface area contributed by atoms with Gasteiger partial charge in [0.05, 0.1) is 48.9 Å². The van der Waals surface area contributed by atoms with Gasteiger partial charge in [0.1, 0.15) is 53.8 Å². The van der Waals surface area contributed by atoms with Gasteiger partial charge in [-0.1, -0.05) is 36.4 Å². The zero-order valence-corrected chi connectivity index (χ0v) is 27.4. The van der Waals surface area contributed by atoms with Gasteiger partial charge in [0.2, 0.25) is 12.8 Å². The molecule has 4 aromatic carbocycles. The number of aliphatic hydroxyl groups is 1. The van der Waals surface area contributed by atoms with Crippen LogP contribution in [-0.4, -0.2) is 83.1 Å². The number of rotatable bonds is 14. The molecule has 0 radical (unpaired) electrons. The van der Waals surface area contributed by atoms with Gasteiger partial charge in [-0.15, -0.1) is 0 Å². The minimum Gasteiger partial charge on any atom is -0.507 e. The minimum atomic E-state index is -1.14. The number of amides is 2. The van der Waals surface area contributed by atoms with Crippen molar-refractivity contribution in [2.75, 3.05) is 27.4 Å². The molecule has 2 amide bonds. The van der Waals surface area contributed by atoms with E-state index in [9.17, 15) is 24.9 Å². The van der Waals surface area contributed by atoms with Gasteiger partial charge in [0.25, 0.3) is 0 Å². The van der Waals surface area contributed by atoms with E-state index in [1.165, 1.54) is 22.2 Å². The molecule has 0 aromatic heterocycles. The van der Waals surface area contributed by atoms with E-state index in [1.54, 1.807) is 50.6 Å². The first-order valence-electron chi connectivity index (χ1n) is 15.8. The van der Waals surface area contributed by atoms with Crippen LogP contribution in [0.1, 0.15) is 47.2 Å². The monoisotopic (exact) mass is 680 g/mol. The summed E-state index contributed by atoms with van der Waals surface area (Å²) < 4.78 is 22.6. The van der Waals surface area contributed by atoms with Gasteiger partial charge in [0, 0.05) is 12.8 Å². The SMILES string of the molecule is COc1cccc(C2CC(c3c(O)cccc3OCC(O)COc3cccc(O)c3C3=NN(C=O)C(c4cccc(OC)c4)C3)=NN2C=O)c1. The largest absolute Gasteiger partial charge is 0.507 e. The van der Waals surface area contributed by atoms with Crippen molar-refractivity contribution in [1.82, 2.24) is 10.0 Å². The van der Waals surface area contributed by atoms with Crippen LogP contribution in [-0.2, 0) is 9.59 Å². The number of hydrogen-bond donors (Lipinski definition) is 3. The molecule has 2 atom stereocenters. The van der Waals surface area contributed by atoms with Gasteiger partial charge in [0.15, 0.2) is 0 Å². The molecule has 0 fully saturated rings. The maximum atomic E-state index is 12.0. The molecule has 6 rings (SSSR count). The van der Waals surface area contributed by atoms with E-state index in [0.717, 1.165) is 11.1 Å². The quantitative estimate of drug-likeness (QED) is 0.162. The first kappa shape index (κ1) is 33.8. The molecular formula is C37H36N4O9. The van der Waals surface area contributed by atoms with E-state index >= 15 is 0 Å². The average Bonchev–Trinajstić information content (AvgIpc) is 3.78. The molecule has 2 unspecified atom stereocenters. The Balaban J connectivity index is 1.14. The topological polar surface area (TPSA) is 163 Å². The van der Waals surface area contributed by atoms with E-state index in [4.69, 9.17) is 18.9 Å². The lowest BCUT2D eigenvalue weighted by Gasteiger charge is -2.18. The summed E-state index contributed by atoms with van der Waals surface area (Å²) in [6.45, 7) is -0.432. The number of hydrogen-bond acceptors (Lipinski definition) is 11. The highest BCUT2D eigenvalue weighted by Crippen LogP contribution is 2.40. The third kappa shape index (κ3) is 7.03. The number of carbonyl (C=O) groups is 2. The van der Waals surface area contributed by atoms with Crippen molar-refractivity contribution >= 4 is 24.2 Å². The Bertz CT molecular complexity index is 1790. The molecule has 0 spiro atoms. The molecule has 0 aliphatic carbocycles. The van der Waals surface area contributed by atoms with Crippen molar-refractivity contribution in [3.05, 3.63) is 107 Å². The molecule has 0 saturated carbocycles. The molecule has 4 aromatic rings.